The molecule has 246 valence electrons. The summed E-state index contributed by atoms with van der Waals surface area (Å²) < 4.78 is 46.2. The summed E-state index contributed by atoms with van der Waals surface area (Å²) in [4.78, 5) is 44.1. The molecule has 8 N–H and O–H groups in total. The average Bonchev–Trinajstić information content (AvgIpc) is 2.97. The third kappa shape index (κ3) is 11.0. The van der Waals surface area contributed by atoms with Crippen LogP contribution in [0.15, 0.2) is 53.5 Å². The van der Waals surface area contributed by atoms with Crippen molar-refractivity contribution in [3.63, 3.8) is 0 Å². The minimum atomic E-state index is -4.55. The second kappa shape index (κ2) is 16.1. The average molecular weight is 634 g/mol. The topological polar surface area (TPSA) is 173 Å². The lowest BCUT2D eigenvalue weighted by Crippen LogP contribution is -2.59. The van der Waals surface area contributed by atoms with Crippen LogP contribution in [0.2, 0.25) is 0 Å². The van der Waals surface area contributed by atoms with Gasteiger partial charge >= 0.3 is 6.18 Å². The summed E-state index contributed by atoms with van der Waals surface area (Å²) in [6.45, 7) is 5.80. The van der Waals surface area contributed by atoms with E-state index in [0.29, 0.717) is 18.7 Å². The third-order valence-electron chi connectivity index (χ3n) is 7.26. The molecule has 11 nitrogen and oxygen atoms in total. The van der Waals surface area contributed by atoms with Crippen LogP contribution in [-0.2, 0) is 33.4 Å². The van der Waals surface area contributed by atoms with Gasteiger partial charge in [0.2, 0.25) is 17.7 Å². The van der Waals surface area contributed by atoms with Gasteiger partial charge in [-0.05, 0) is 47.9 Å². The molecule has 2 aromatic carbocycles. The summed E-state index contributed by atoms with van der Waals surface area (Å²) in [5, 5.41) is 11.3. The van der Waals surface area contributed by atoms with Crippen LogP contribution in [0.4, 0.5) is 13.2 Å². The number of fused-ring (bicyclic) bond motifs is 1. The number of nitrogens with zero attached hydrogens (tertiary/aromatic N) is 1. The third-order valence-corrected chi connectivity index (χ3v) is 7.26. The zero-order valence-electron chi connectivity index (χ0n) is 25.6. The first-order chi connectivity index (χ1) is 21.2. The van der Waals surface area contributed by atoms with E-state index in [1.165, 1.54) is 12.1 Å². The summed E-state index contributed by atoms with van der Waals surface area (Å²) in [6.07, 6.45) is -4.07. The van der Waals surface area contributed by atoms with E-state index in [1.54, 1.807) is 13.8 Å². The van der Waals surface area contributed by atoms with Gasteiger partial charge in [0.15, 0.2) is 5.96 Å². The van der Waals surface area contributed by atoms with Crippen molar-refractivity contribution in [3.05, 3.63) is 65.2 Å². The monoisotopic (exact) mass is 633 g/mol. The number of alkyl halides is 3. The van der Waals surface area contributed by atoms with Crippen LogP contribution < -0.4 is 37.5 Å². The maximum absolute atomic E-state index is 13.6. The molecule has 1 aliphatic heterocycles. The molecule has 3 amide bonds. The van der Waals surface area contributed by atoms with Gasteiger partial charge in [-0.1, -0.05) is 57.2 Å². The molecular formula is C31H42F3N7O4. The smallest absolute Gasteiger partial charge is 0.416 e. The second-order valence-electron chi connectivity index (χ2n) is 11.5. The number of amides is 3. The fraction of sp³-hybridized carbons (Fsp3) is 0.484. The molecule has 3 rings (SSSR count). The molecule has 0 aliphatic carbocycles. The van der Waals surface area contributed by atoms with Crippen molar-refractivity contribution in [2.75, 3.05) is 26.2 Å². The molecule has 0 aromatic heterocycles. The predicted octanol–water partition coefficient (Wildman–Crippen LogP) is 1.49. The van der Waals surface area contributed by atoms with Crippen LogP contribution in [0.3, 0.4) is 0 Å². The number of carbonyl (C=O) groups is 3. The van der Waals surface area contributed by atoms with Gasteiger partial charge in [0.05, 0.1) is 18.2 Å². The highest BCUT2D eigenvalue weighted by molar-refractivity contribution is 5.93. The Hall–Kier alpha value is -4.33. The number of ether oxygens (including phenoxy) is 1. The molecule has 0 fully saturated rings. The van der Waals surface area contributed by atoms with Gasteiger partial charge in [-0.3, -0.25) is 19.4 Å². The molecule has 0 radical (unpaired) electrons. The van der Waals surface area contributed by atoms with Gasteiger partial charge in [-0.15, -0.1) is 0 Å². The zero-order valence-corrected chi connectivity index (χ0v) is 25.6. The summed E-state index contributed by atoms with van der Waals surface area (Å²) in [5.41, 5.74) is 11.3. The summed E-state index contributed by atoms with van der Waals surface area (Å²) >= 11 is 0. The Labute approximate surface area is 260 Å². The highest BCUT2D eigenvalue weighted by atomic mass is 19.4. The first-order valence-electron chi connectivity index (χ1n) is 14.8. The van der Waals surface area contributed by atoms with Crippen molar-refractivity contribution in [3.8, 4) is 5.75 Å². The quantitative estimate of drug-likeness (QED) is 0.214. The van der Waals surface area contributed by atoms with E-state index < -0.39 is 53.5 Å². The van der Waals surface area contributed by atoms with Gasteiger partial charge in [-0.25, -0.2) is 0 Å². The van der Waals surface area contributed by atoms with Crippen LogP contribution in [0.1, 0.15) is 37.5 Å². The number of nitrogens with two attached hydrogens (primary N) is 2. The molecule has 1 heterocycles. The number of hydrogen-bond donors (Lipinski definition) is 6. The molecule has 1 unspecified atom stereocenters. The zero-order chi connectivity index (χ0) is 33.1. The van der Waals surface area contributed by atoms with E-state index >= 15 is 0 Å². The minimum absolute atomic E-state index is 0.00492. The highest BCUT2D eigenvalue weighted by Crippen LogP contribution is 2.30. The summed E-state index contributed by atoms with van der Waals surface area (Å²) in [5.74, 6) is -1.82. The molecule has 1 aliphatic rings. The molecule has 0 spiro atoms. The van der Waals surface area contributed by atoms with Crippen molar-refractivity contribution in [1.82, 2.24) is 21.3 Å². The Bertz CT molecular complexity index is 1350. The lowest BCUT2D eigenvalue weighted by Gasteiger charge is -2.27. The Morgan fingerprint density at radius 1 is 1.00 bits per heavy atom. The van der Waals surface area contributed by atoms with Gasteiger partial charge in [0.1, 0.15) is 24.4 Å². The van der Waals surface area contributed by atoms with Crippen molar-refractivity contribution in [1.29, 1.82) is 0 Å². The van der Waals surface area contributed by atoms with E-state index in [2.05, 4.69) is 26.3 Å². The van der Waals surface area contributed by atoms with Crippen molar-refractivity contribution in [2.24, 2.45) is 28.3 Å². The second-order valence-corrected chi connectivity index (χ2v) is 11.5. The normalized spacial score (nSPS) is 22.5. The number of rotatable bonds is 5. The van der Waals surface area contributed by atoms with E-state index in [9.17, 15) is 27.6 Å². The number of benzene rings is 2. The van der Waals surface area contributed by atoms with E-state index in [-0.39, 0.29) is 43.6 Å². The first kappa shape index (κ1) is 35.2. The molecule has 4 atom stereocenters. The number of halogens is 3. The molecule has 2 aromatic rings. The van der Waals surface area contributed by atoms with E-state index in [0.717, 1.165) is 17.7 Å². The van der Waals surface area contributed by atoms with Crippen molar-refractivity contribution >= 4 is 23.7 Å². The van der Waals surface area contributed by atoms with Crippen LogP contribution in [0.5, 0.6) is 5.75 Å². The summed E-state index contributed by atoms with van der Waals surface area (Å²) in [7, 11) is 0. The molecule has 0 saturated heterocycles. The molecule has 0 bridgehead atoms. The SMILES string of the molecule is CC1CNC(=O)[C@H](CN=C(N)N)NC(=O)[C@@H](C(C)C)NC(=O)[C@@H](Cc2cccc(C(F)(F)F)c2)NCCOc2ccccc2C1. The summed E-state index contributed by atoms with van der Waals surface area (Å²) in [6, 6.07) is 8.94. The number of para-hydroxylation sites is 1. The maximum Gasteiger partial charge on any atom is 0.416 e. The Morgan fingerprint density at radius 2 is 1.73 bits per heavy atom. The van der Waals surface area contributed by atoms with Crippen LogP contribution in [0, 0.1) is 11.8 Å². The van der Waals surface area contributed by atoms with E-state index in [1.807, 2.05) is 31.2 Å². The fourth-order valence-electron chi connectivity index (χ4n) is 4.86. The molecule has 0 saturated carbocycles. The van der Waals surface area contributed by atoms with Crippen LogP contribution in [0.25, 0.3) is 0 Å². The fourth-order valence-corrected chi connectivity index (χ4v) is 4.86. The van der Waals surface area contributed by atoms with Crippen molar-refractivity contribution < 1.29 is 32.3 Å². The van der Waals surface area contributed by atoms with Gasteiger partial charge in [0, 0.05) is 13.1 Å². The Kier molecular flexibility index (Phi) is 12.6. The standard InChI is InChI=1S/C31H42F3N7O4/c1-18(2)26-29(44)40-24(17-39-30(35)36)27(42)38-16-19(3)13-21-8-4-5-10-25(21)45-12-11-37-23(28(43)41-26)15-20-7-6-9-22(14-20)31(32,33)34/h4-10,14,18-19,23-24,26,37H,11-13,15-17H2,1-3H3,(H,38,42)(H,40,44)(H,41,43)(H4,35,36,39)/t19?,23-,24+,26-/m1/s1. The highest BCUT2D eigenvalue weighted by Gasteiger charge is 2.33. The molecule has 14 heteroatoms. The minimum Gasteiger partial charge on any atom is -0.492 e. The number of guanidine groups is 1. The number of carbonyl (C=O) groups excluding carboxylic acids is 3. The molecule has 45 heavy (non-hydrogen) atoms. The lowest BCUT2D eigenvalue weighted by molar-refractivity contribution is -0.137. The largest absolute Gasteiger partial charge is 0.492 e. The molecular weight excluding hydrogens is 591 g/mol. The van der Waals surface area contributed by atoms with Gasteiger partial charge in [-0.2, -0.15) is 13.2 Å². The Morgan fingerprint density at radius 3 is 2.42 bits per heavy atom. The number of hydrogen-bond acceptors (Lipinski definition) is 6. The predicted molar refractivity (Wildman–Crippen MR) is 164 cm³/mol. The van der Waals surface area contributed by atoms with Gasteiger partial charge < -0.3 is 37.5 Å². The lowest BCUT2D eigenvalue weighted by atomic mass is 9.99. The van der Waals surface area contributed by atoms with Gasteiger partial charge in [0.25, 0.3) is 0 Å². The van der Waals surface area contributed by atoms with Crippen LogP contribution in [-0.4, -0.2) is 68.0 Å². The van der Waals surface area contributed by atoms with Crippen LogP contribution >= 0.6 is 0 Å². The number of aliphatic imine (C=N–C) groups is 1. The first-order valence-corrected chi connectivity index (χ1v) is 14.8. The maximum atomic E-state index is 13.6. The Balaban J connectivity index is 1.94. The number of nitrogens with one attached hydrogen (secondary N) is 4. The van der Waals surface area contributed by atoms with Crippen molar-refractivity contribution in [2.45, 2.75) is 57.9 Å². The van der Waals surface area contributed by atoms with E-state index in [4.69, 9.17) is 16.2 Å².